The Morgan fingerprint density at radius 2 is 1.02 bits per heavy atom. The molecule has 0 atom stereocenters. The molecule has 0 saturated carbocycles. The van der Waals surface area contributed by atoms with E-state index in [1.165, 1.54) is 49.7 Å². The molecular formula is C48H32N2. The lowest BCUT2D eigenvalue weighted by Crippen LogP contribution is -2.03. The van der Waals surface area contributed by atoms with Crippen LogP contribution in [-0.2, 0) is 0 Å². The summed E-state index contributed by atoms with van der Waals surface area (Å²) in [4.78, 5) is 5.34. The van der Waals surface area contributed by atoms with Gasteiger partial charge in [-0.25, -0.2) is 0 Å². The van der Waals surface area contributed by atoms with Crippen LogP contribution in [0.4, 0.5) is 0 Å². The summed E-state index contributed by atoms with van der Waals surface area (Å²) in [6, 6.07) is 58.0. The molecule has 0 radical (unpaired) electrons. The fourth-order valence-corrected chi connectivity index (χ4v) is 7.58. The molecule has 0 N–H and O–H groups in total. The van der Waals surface area contributed by atoms with Gasteiger partial charge in [-0.3, -0.25) is 4.99 Å². The summed E-state index contributed by atoms with van der Waals surface area (Å²) in [7, 11) is 0. The molecule has 0 unspecified atom stereocenters. The Balaban J connectivity index is 1.21. The minimum absolute atomic E-state index is 0.659. The van der Waals surface area contributed by atoms with Gasteiger partial charge in [0, 0.05) is 11.3 Å². The van der Waals surface area contributed by atoms with Gasteiger partial charge in [-0.15, -0.1) is 0 Å². The van der Waals surface area contributed by atoms with E-state index in [-0.39, 0.29) is 0 Å². The Labute approximate surface area is 292 Å². The van der Waals surface area contributed by atoms with E-state index in [2.05, 4.69) is 158 Å². The Morgan fingerprint density at radius 1 is 0.460 bits per heavy atom. The second-order valence-corrected chi connectivity index (χ2v) is 12.9. The molecule has 50 heavy (non-hydrogen) atoms. The summed E-state index contributed by atoms with van der Waals surface area (Å²) in [5, 5.41) is 12.2. The minimum Gasteiger partial charge on any atom is -0.252 e. The summed E-state index contributed by atoms with van der Waals surface area (Å²) in [6.07, 6.45) is 6.38. The van der Waals surface area contributed by atoms with Crippen molar-refractivity contribution in [2.75, 3.05) is 0 Å². The molecule has 234 valence electrons. The highest BCUT2D eigenvalue weighted by atomic mass is 14.8. The van der Waals surface area contributed by atoms with E-state index in [9.17, 15) is 5.26 Å². The highest BCUT2D eigenvalue weighted by Crippen LogP contribution is 2.52. The molecule has 0 fully saturated rings. The highest BCUT2D eigenvalue weighted by Gasteiger charge is 2.25. The quantitative estimate of drug-likeness (QED) is 0.185. The average molecular weight is 637 g/mol. The first kappa shape index (κ1) is 29.6. The number of nitriles is 1. The van der Waals surface area contributed by atoms with Crippen molar-refractivity contribution in [1.82, 2.24) is 0 Å². The van der Waals surface area contributed by atoms with E-state index in [1.54, 1.807) is 0 Å². The predicted molar refractivity (Wildman–Crippen MR) is 209 cm³/mol. The maximum Gasteiger partial charge on any atom is 0.0991 e. The predicted octanol–water partition coefficient (Wildman–Crippen LogP) is 12.4. The first-order chi connectivity index (χ1) is 24.7. The molecule has 0 amide bonds. The molecule has 7 aromatic rings. The lowest BCUT2D eigenvalue weighted by molar-refractivity contribution is 1.09. The van der Waals surface area contributed by atoms with Crippen molar-refractivity contribution in [3.8, 4) is 50.6 Å². The smallest absolute Gasteiger partial charge is 0.0991 e. The van der Waals surface area contributed by atoms with E-state index in [0.717, 1.165) is 52.1 Å². The van der Waals surface area contributed by atoms with Crippen LogP contribution in [0, 0.1) is 11.3 Å². The third-order valence-electron chi connectivity index (χ3n) is 9.97. The monoisotopic (exact) mass is 636 g/mol. The maximum absolute atomic E-state index is 9.73. The third-order valence-corrected chi connectivity index (χ3v) is 9.97. The van der Waals surface area contributed by atoms with Gasteiger partial charge in [-0.1, -0.05) is 152 Å². The van der Waals surface area contributed by atoms with Crippen LogP contribution in [0.25, 0.3) is 66.6 Å². The molecule has 2 heteroatoms. The maximum atomic E-state index is 9.73. The highest BCUT2D eigenvalue weighted by molar-refractivity contribution is 6.22. The normalized spacial score (nSPS) is 16.5. The number of benzene rings is 7. The van der Waals surface area contributed by atoms with Crippen molar-refractivity contribution < 1.29 is 0 Å². The molecule has 0 spiro atoms. The van der Waals surface area contributed by atoms with Gasteiger partial charge in [0.2, 0.25) is 0 Å². The van der Waals surface area contributed by atoms with Crippen molar-refractivity contribution in [2.24, 2.45) is 4.99 Å². The van der Waals surface area contributed by atoms with E-state index in [1.807, 2.05) is 18.2 Å². The first-order valence-electron chi connectivity index (χ1n) is 17.2. The van der Waals surface area contributed by atoms with Crippen LogP contribution in [0.1, 0.15) is 35.1 Å². The van der Waals surface area contributed by atoms with Crippen molar-refractivity contribution in [3.63, 3.8) is 0 Å². The topological polar surface area (TPSA) is 36.1 Å². The van der Waals surface area contributed by atoms with Gasteiger partial charge in [0.1, 0.15) is 0 Å². The molecule has 7 aromatic carbocycles. The number of allylic oxidation sites excluding steroid dienone is 3. The van der Waals surface area contributed by atoms with E-state index >= 15 is 0 Å². The lowest BCUT2D eigenvalue weighted by atomic mass is 9.88. The largest absolute Gasteiger partial charge is 0.252 e. The van der Waals surface area contributed by atoms with Gasteiger partial charge >= 0.3 is 0 Å². The Bertz CT molecular complexity index is 2530. The summed E-state index contributed by atoms with van der Waals surface area (Å²) < 4.78 is 0. The second kappa shape index (κ2) is 12.5. The van der Waals surface area contributed by atoms with E-state index < -0.39 is 0 Å². The number of hydrogen-bond donors (Lipinski definition) is 0. The average Bonchev–Trinajstić information content (AvgIpc) is 3.50. The third kappa shape index (κ3) is 5.17. The SMILES string of the molecule is N#Cc1cccc(-c2ccc3c4c(ccc(-c5ccc(C6=C/C(c7ccccc7)=C/CC/C(c7ccccc7)=N\6)cc5)c24)-c2ccccc2-3)c1. The first-order valence-corrected chi connectivity index (χ1v) is 17.2. The van der Waals surface area contributed by atoms with Gasteiger partial charge in [0.15, 0.2) is 0 Å². The number of aliphatic imine (C=N–C) groups is 1. The standard InChI is InChI=1S/C48H32N2/c49-31-32-11-9-17-38(29-32)40-26-28-44-42-19-8-7-18-41(42)43-27-25-39(47(40)48(43)44)34-21-23-36(24-22-34)46-30-37(33-12-3-1-4-13-33)16-10-20-45(50-46)35-14-5-2-6-15-35/h1-9,11-19,21-30H,10,20H2/b37-16-,46-30-,50-45+. The van der Waals surface area contributed by atoms with Crippen LogP contribution in [0.3, 0.4) is 0 Å². The van der Waals surface area contributed by atoms with Crippen molar-refractivity contribution in [3.05, 3.63) is 192 Å². The number of hydrogen-bond acceptors (Lipinski definition) is 2. The molecule has 2 nitrogen and oxygen atoms in total. The van der Waals surface area contributed by atoms with Crippen LogP contribution in [-0.4, -0.2) is 5.71 Å². The van der Waals surface area contributed by atoms with E-state index in [4.69, 9.17) is 4.99 Å². The van der Waals surface area contributed by atoms with Crippen LogP contribution >= 0.6 is 0 Å². The van der Waals surface area contributed by atoms with Gasteiger partial charge in [0.25, 0.3) is 0 Å². The summed E-state index contributed by atoms with van der Waals surface area (Å²) in [6.45, 7) is 0. The fraction of sp³-hybridized carbons (Fsp3) is 0.0417. The van der Waals surface area contributed by atoms with Crippen molar-refractivity contribution in [1.29, 1.82) is 5.26 Å². The summed E-state index contributed by atoms with van der Waals surface area (Å²) in [5.41, 5.74) is 16.9. The second-order valence-electron chi connectivity index (χ2n) is 12.9. The molecule has 0 bridgehead atoms. The van der Waals surface area contributed by atoms with Crippen molar-refractivity contribution in [2.45, 2.75) is 12.8 Å². The van der Waals surface area contributed by atoms with Gasteiger partial charge in [-0.05, 0) is 103 Å². The minimum atomic E-state index is 0.659. The van der Waals surface area contributed by atoms with Gasteiger partial charge < -0.3 is 0 Å². The van der Waals surface area contributed by atoms with Crippen LogP contribution in [0.15, 0.2) is 175 Å². The number of rotatable bonds is 5. The molecule has 1 heterocycles. The van der Waals surface area contributed by atoms with Gasteiger partial charge in [0.05, 0.1) is 17.3 Å². The zero-order valence-electron chi connectivity index (χ0n) is 27.5. The van der Waals surface area contributed by atoms with Crippen molar-refractivity contribution >= 4 is 27.8 Å². The van der Waals surface area contributed by atoms with E-state index in [0.29, 0.717) is 5.56 Å². The molecule has 0 aromatic heterocycles. The fourth-order valence-electron chi connectivity index (χ4n) is 7.58. The van der Waals surface area contributed by atoms with Crippen LogP contribution in [0.2, 0.25) is 0 Å². The summed E-state index contributed by atoms with van der Waals surface area (Å²) in [5.74, 6) is 0. The zero-order chi connectivity index (χ0) is 33.4. The Kier molecular flexibility index (Phi) is 7.38. The molecule has 0 saturated heterocycles. The molecule has 9 rings (SSSR count). The summed E-state index contributed by atoms with van der Waals surface area (Å²) >= 11 is 0. The molecular weight excluding hydrogens is 605 g/mol. The van der Waals surface area contributed by atoms with Crippen LogP contribution in [0.5, 0.6) is 0 Å². The zero-order valence-corrected chi connectivity index (χ0v) is 27.5. The molecule has 2 aliphatic rings. The lowest BCUT2D eigenvalue weighted by Gasteiger charge is -2.16. The van der Waals surface area contributed by atoms with Crippen LogP contribution < -0.4 is 0 Å². The molecule has 1 aliphatic carbocycles. The number of nitrogens with zero attached hydrogens (tertiary/aromatic N) is 2. The van der Waals surface area contributed by atoms with Gasteiger partial charge in [-0.2, -0.15) is 5.26 Å². The Hall–Kier alpha value is -6.56. The number of fused-ring (bicyclic) bond motifs is 3. The molecule has 1 aliphatic heterocycles. The Morgan fingerprint density at radius 3 is 1.70 bits per heavy atom.